The van der Waals surface area contributed by atoms with Gasteiger partial charge in [-0.05, 0) is 36.8 Å². The van der Waals surface area contributed by atoms with E-state index in [1.807, 2.05) is 29.7 Å². The summed E-state index contributed by atoms with van der Waals surface area (Å²) >= 11 is 13.5. The second-order valence-corrected chi connectivity index (χ2v) is 8.02. The number of allylic oxidation sites excluding steroid dienone is 1. The van der Waals surface area contributed by atoms with Gasteiger partial charge in [0.1, 0.15) is 12.4 Å². The van der Waals surface area contributed by atoms with E-state index in [1.165, 1.54) is 11.8 Å². The van der Waals surface area contributed by atoms with Gasteiger partial charge in [0.25, 0.3) is 0 Å². The fourth-order valence-corrected chi connectivity index (χ4v) is 3.74. The molecule has 30 heavy (non-hydrogen) atoms. The molecular formula is C21H20Cl2N4O2S. The van der Waals surface area contributed by atoms with Crippen LogP contribution in [0.4, 0.5) is 5.69 Å². The smallest absolute Gasteiger partial charge is 0.234 e. The highest BCUT2D eigenvalue weighted by Gasteiger charge is 2.15. The zero-order valence-electron chi connectivity index (χ0n) is 16.3. The second kappa shape index (κ2) is 10.5. The number of carbonyl (C=O) groups excluding carboxylic acids is 1. The van der Waals surface area contributed by atoms with Gasteiger partial charge < -0.3 is 10.1 Å². The Morgan fingerprint density at radius 3 is 2.73 bits per heavy atom. The van der Waals surface area contributed by atoms with Crippen LogP contribution in [0, 0.1) is 6.92 Å². The summed E-state index contributed by atoms with van der Waals surface area (Å²) in [4.78, 5) is 12.4. The van der Waals surface area contributed by atoms with Crippen LogP contribution in [0.3, 0.4) is 0 Å². The maximum Gasteiger partial charge on any atom is 0.234 e. The average Bonchev–Trinajstić information content (AvgIpc) is 3.11. The number of benzene rings is 2. The lowest BCUT2D eigenvalue weighted by atomic mass is 10.2. The molecule has 9 heteroatoms. The minimum atomic E-state index is -0.160. The van der Waals surface area contributed by atoms with Crippen LogP contribution < -0.4 is 10.1 Å². The second-order valence-electron chi connectivity index (χ2n) is 6.27. The highest BCUT2D eigenvalue weighted by Crippen LogP contribution is 2.26. The topological polar surface area (TPSA) is 69.0 Å². The van der Waals surface area contributed by atoms with Crippen LogP contribution in [-0.4, -0.2) is 26.4 Å². The predicted octanol–water partition coefficient (Wildman–Crippen LogP) is 5.39. The molecule has 1 amide bonds. The molecule has 0 unspecified atom stereocenters. The van der Waals surface area contributed by atoms with E-state index in [1.54, 1.807) is 30.3 Å². The molecule has 3 aromatic rings. The van der Waals surface area contributed by atoms with Gasteiger partial charge in [-0.2, -0.15) is 0 Å². The third-order valence-corrected chi connectivity index (χ3v) is 5.86. The number of para-hydroxylation sites is 1. The van der Waals surface area contributed by atoms with Crippen molar-refractivity contribution in [2.45, 2.75) is 25.2 Å². The molecule has 0 saturated carbocycles. The Kier molecular flexibility index (Phi) is 7.79. The summed E-state index contributed by atoms with van der Waals surface area (Å²) in [6, 6.07) is 12.6. The van der Waals surface area contributed by atoms with Crippen molar-refractivity contribution in [3.05, 3.63) is 76.6 Å². The van der Waals surface area contributed by atoms with E-state index in [-0.39, 0.29) is 18.3 Å². The molecule has 0 fully saturated rings. The highest BCUT2D eigenvalue weighted by molar-refractivity contribution is 7.99. The molecule has 1 aromatic heterocycles. The average molecular weight is 463 g/mol. The van der Waals surface area contributed by atoms with Crippen LogP contribution >= 0.6 is 35.0 Å². The minimum absolute atomic E-state index is 0.160. The molecule has 2 aromatic carbocycles. The van der Waals surface area contributed by atoms with Crippen LogP contribution in [-0.2, 0) is 17.9 Å². The standard InChI is InChI=1S/C21H20Cl2N4O2S/c1-3-11-27-19(12-29-18-10-5-4-7-16(18)23)25-26-21(27)30-13-20(28)24-17-9-6-8-15(22)14(17)2/h3-10H,1,11-13H2,2H3,(H,24,28). The molecule has 3 rings (SSSR count). The number of amides is 1. The number of thioether (sulfide) groups is 1. The van der Waals surface area contributed by atoms with Crippen molar-refractivity contribution in [2.75, 3.05) is 11.1 Å². The van der Waals surface area contributed by atoms with Gasteiger partial charge in [0.15, 0.2) is 11.0 Å². The number of nitrogens with one attached hydrogen (secondary N) is 1. The minimum Gasteiger partial charge on any atom is -0.484 e. The van der Waals surface area contributed by atoms with Crippen LogP contribution in [0.15, 0.2) is 60.3 Å². The SMILES string of the molecule is C=CCn1c(COc2ccccc2Cl)nnc1SCC(=O)Nc1cccc(Cl)c1C. The van der Waals surface area contributed by atoms with Crippen molar-refractivity contribution >= 4 is 46.6 Å². The normalized spacial score (nSPS) is 10.6. The summed E-state index contributed by atoms with van der Waals surface area (Å²) < 4.78 is 7.62. The van der Waals surface area contributed by atoms with Gasteiger partial charge in [-0.3, -0.25) is 9.36 Å². The van der Waals surface area contributed by atoms with Gasteiger partial charge in [0.05, 0.1) is 10.8 Å². The van der Waals surface area contributed by atoms with Gasteiger partial charge in [0, 0.05) is 17.3 Å². The van der Waals surface area contributed by atoms with Crippen molar-refractivity contribution < 1.29 is 9.53 Å². The number of nitrogens with zero attached hydrogens (tertiary/aromatic N) is 3. The Labute approximate surface area is 189 Å². The van der Waals surface area contributed by atoms with Crippen molar-refractivity contribution in [2.24, 2.45) is 0 Å². The first-order valence-corrected chi connectivity index (χ1v) is 10.8. The van der Waals surface area contributed by atoms with Crippen LogP contribution in [0.5, 0.6) is 5.75 Å². The van der Waals surface area contributed by atoms with Crippen molar-refractivity contribution in [3.63, 3.8) is 0 Å². The number of hydrogen-bond acceptors (Lipinski definition) is 5. The maximum atomic E-state index is 12.4. The third kappa shape index (κ3) is 5.56. The first-order valence-electron chi connectivity index (χ1n) is 9.07. The Hall–Kier alpha value is -2.48. The van der Waals surface area contributed by atoms with E-state index in [9.17, 15) is 4.79 Å². The number of hydrogen-bond donors (Lipinski definition) is 1. The van der Waals surface area contributed by atoms with E-state index >= 15 is 0 Å². The van der Waals surface area contributed by atoms with Crippen LogP contribution in [0.2, 0.25) is 10.0 Å². The lowest BCUT2D eigenvalue weighted by molar-refractivity contribution is -0.113. The van der Waals surface area contributed by atoms with Crippen LogP contribution in [0.25, 0.3) is 0 Å². The monoisotopic (exact) mass is 462 g/mol. The van der Waals surface area contributed by atoms with Gasteiger partial charge in [-0.25, -0.2) is 0 Å². The molecule has 1 N–H and O–H groups in total. The molecule has 0 saturated heterocycles. The van der Waals surface area contributed by atoms with Gasteiger partial charge >= 0.3 is 0 Å². The van der Waals surface area contributed by atoms with Crippen molar-refractivity contribution in [1.29, 1.82) is 0 Å². The molecule has 0 aliphatic carbocycles. The molecule has 0 aliphatic rings. The Morgan fingerprint density at radius 2 is 1.97 bits per heavy atom. The number of anilines is 1. The quantitative estimate of drug-likeness (QED) is 0.341. The molecule has 0 atom stereocenters. The van der Waals surface area contributed by atoms with E-state index in [2.05, 4.69) is 22.1 Å². The summed E-state index contributed by atoms with van der Waals surface area (Å²) in [6.45, 7) is 6.32. The van der Waals surface area contributed by atoms with E-state index in [4.69, 9.17) is 27.9 Å². The van der Waals surface area contributed by atoms with Crippen molar-refractivity contribution in [3.8, 4) is 5.75 Å². The zero-order chi connectivity index (χ0) is 21.5. The fraction of sp³-hybridized carbons (Fsp3) is 0.190. The lowest BCUT2D eigenvalue weighted by Crippen LogP contribution is -2.15. The summed E-state index contributed by atoms with van der Waals surface area (Å²) in [7, 11) is 0. The van der Waals surface area contributed by atoms with E-state index < -0.39 is 0 Å². The lowest BCUT2D eigenvalue weighted by Gasteiger charge is -2.11. The third-order valence-electron chi connectivity index (χ3n) is 4.17. The summed E-state index contributed by atoms with van der Waals surface area (Å²) in [5, 5.41) is 13.0. The van der Waals surface area contributed by atoms with Crippen LogP contribution in [0.1, 0.15) is 11.4 Å². The maximum absolute atomic E-state index is 12.4. The summed E-state index contributed by atoms with van der Waals surface area (Å²) in [6.07, 6.45) is 1.74. The largest absolute Gasteiger partial charge is 0.484 e. The van der Waals surface area contributed by atoms with E-state index in [0.717, 1.165) is 5.56 Å². The van der Waals surface area contributed by atoms with Gasteiger partial charge in [-0.1, -0.05) is 59.2 Å². The molecule has 1 heterocycles. The molecule has 0 bridgehead atoms. The number of carbonyl (C=O) groups is 1. The molecule has 0 radical (unpaired) electrons. The molecular weight excluding hydrogens is 443 g/mol. The van der Waals surface area contributed by atoms with E-state index in [0.29, 0.717) is 39.0 Å². The molecule has 156 valence electrons. The first-order chi connectivity index (χ1) is 14.5. The van der Waals surface area contributed by atoms with Gasteiger partial charge in [-0.15, -0.1) is 16.8 Å². The van der Waals surface area contributed by atoms with Crippen molar-refractivity contribution in [1.82, 2.24) is 14.8 Å². The zero-order valence-corrected chi connectivity index (χ0v) is 18.6. The number of aromatic nitrogens is 3. The number of ether oxygens (including phenoxy) is 1. The molecule has 6 nitrogen and oxygen atoms in total. The van der Waals surface area contributed by atoms with Gasteiger partial charge in [0.2, 0.25) is 5.91 Å². The molecule has 0 aliphatic heterocycles. The highest BCUT2D eigenvalue weighted by atomic mass is 35.5. The number of rotatable bonds is 9. The summed E-state index contributed by atoms with van der Waals surface area (Å²) in [5.41, 5.74) is 1.51. The predicted molar refractivity (Wildman–Crippen MR) is 122 cm³/mol. The Bertz CT molecular complexity index is 1060. The summed E-state index contributed by atoms with van der Waals surface area (Å²) in [5.74, 6) is 1.20. The Morgan fingerprint density at radius 1 is 1.20 bits per heavy atom. The Balaban J connectivity index is 1.64. The number of halogens is 2. The first kappa shape index (κ1) is 22.2. The molecule has 0 spiro atoms. The fourth-order valence-electron chi connectivity index (χ4n) is 2.61.